The maximum Gasteiger partial charge on any atom is -0.00134 e. The van der Waals surface area contributed by atoms with Crippen molar-refractivity contribution in [2.24, 2.45) is 0 Å². The Morgan fingerprint density at radius 3 is 0.463 bits per heavy atom. The molecule has 384 valence electrons. The summed E-state index contributed by atoms with van der Waals surface area (Å²) < 4.78 is 0. The van der Waals surface area contributed by atoms with E-state index in [1.165, 1.54) is 195 Å². The average Bonchev–Trinajstić information content (AvgIpc) is 2.10. The molecule has 0 saturated heterocycles. The first-order valence-electron chi connectivity index (χ1n) is 29.2. The van der Waals surface area contributed by atoms with Gasteiger partial charge in [-0.15, -0.1) is 0 Å². The van der Waals surface area contributed by atoms with Gasteiger partial charge in [-0.05, 0) is 241 Å². The molecule has 17 rings (SSSR count). The average molecular weight is 1030 g/mol. The lowest BCUT2D eigenvalue weighted by Crippen LogP contribution is -2.10. The molecule has 0 aliphatic carbocycles. The van der Waals surface area contributed by atoms with Crippen LogP contribution in [0, 0.1) is 0 Å². The largest absolute Gasteiger partial charge is 0.0561 e. The molecule has 0 bridgehead atoms. The normalized spacial score (nSPS) is 13.8. The molecule has 80 heavy (non-hydrogen) atoms. The van der Waals surface area contributed by atoms with Gasteiger partial charge in [0, 0.05) is 0 Å². The second-order valence-electron chi connectivity index (χ2n) is 28.5. The van der Waals surface area contributed by atoms with E-state index in [-0.39, 0.29) is 21.7 Å². The van der Waals surface area contributed by atoms with E-state index in [2.05, 4.69) is 253 Å². The van der Waals surface area contributed by atoms with E-state index in [9.17, 15) is 0 Å². The second-order valence-corrected chi connectivity index (χ2v) is 28.5. The molecule has 0 N–H and O–H groups in total. The molecule has 0 radical (unpaired) electrons. The fourth-order valence-corrected chi connectivity index (χ4v) is 15.2. The molecule has 0 unspecified atom stereocenters. The Bertz CT molecular complexity index is 4870. The number of benzene rings is 16. The fourth-order valence-electron chi connectivity index (χ4n) is 15.2. The van der Waals surface area contributed by atoms with Crippen LogP contribution >= 0.6 is 0 Å². The Kier molecular flexibility index (Phi) is 8.68. The van der Waals surface area contributed by atoms with Gasteiger partial charge in [0.1, 0.15) is 0 Å². The monoisotopic (exact) mass is 1020 g/mol. The van der Waals surface area contributed by atoms with Crippen molar-refractivity contribution >= 4 is 172 Å². The van der Waals surface area contributed by atoms with Gasteiger partial charge in [0.05, 0.1) is 0 Å². The van der Waals surface area contributed by atoms with Gasteiger partial charge < -0.3 is 0 Å². The molecule has 17 aromatic rings. The molecule has 0 aromatic heterocycles. The molecule has 0 aliphatic rings. The summed E-state index contributed by atoms with van der Waals surface area (Å²) >= 11 is 0. The zero-order valence-electron chi connectivity index (χ0n) is 48.2. The van der Waals surface area contributed by atoms with Gasteiger partial charge in [-0.25, -0.2) is 0 Å². The van der Waals surface area contributed by atoms with E-state index in [0.717, 1.165) is 0 Å². The van der Waals surface area contributed by atoms with Crippen LogP contribution in [0.5, 0.6) is 0 Å². The number of fused-ring (bicyclic) bond motifs is 12. The SMILES string of the molecule is CC(C)(C)c1cc2ccc3cc4c5cc6ccc7cc(C(C)(C)C)cc8ccc(c6c78)c5c5c(cc6ccc7cc(C(C)(C)C)cc8ccc5c6c78)c5cc6ccc7cc(C(C)(C)C)cc8ccc(c6c78)c5c4c4ccc(c1)c2c34. The molecule has 0 atom stereocenters. The summed E-state index contributed by atoms with van der Waals surface area (Å²) in [6.07, 6.45) is 0. The molecule has 17 aromatic carbocycles. The van der Waals surface area contributed by atoms with Crippen LogP contribution in [0.25, 0.3) is 172 Å². The van der Waals surface area contributed by atoms with Crippen molar-refractivity contribution in [3.8, 4) is 0 Å². The van der Waals surface area contributed by atoms with Gasteiger partial charge in [-0.2, -0.15) is 0 Å². The van der Waals surface area contributed by atoms with Gasteiger partial charge in [-0.1, -0.05) is 229 Å². The van der Waals surface area contributed by atoms with E-state index in [0.29, 0.717) is 0 Å². The van der Waals surface area contributed by atoms with Crippen molar-refractivity contribution in [1.29, 1.82) is 0 Å². The third kappa shape index (κ3) is 6.12. The minimum absolute atomic E-state index is 0.0154. The molecule has 0 heteroatoms. The van der Waals surface area contributed by atoms with Crippen LogP contribution in [0.2, 0.25) is 0 Å². The lowest BCUT2D eigenvalue weighted by molar-refractivity contribution is 0.591. The zero-order valence-corrected chi connectivity index (χ0v) is 48.2. The van der Waals surface area contributed by atoms with Crippen molar-refractivity contribution in [3.05, 3.63) is 192 Å². The van der Waals surface area contributed by atoms with Gasteiger partial charge in [0.25, 0.3) is 0 Å². The second kappa shape index (κ2) is 14.9. The van der Waals surface area contributed by atoms with Crippen molar-refractivity contribution in [2.45, 2.75) is 105 Å². The first kappa shape index (κ1) is 46.6. The molecule has 0 amide bonds. The molecule has 0 aliphatic heterocycles. The van der Waals surface area contributed by atoms with Crippen LogP contribution in [-0.4, -0.2) is 0 Å². The molecular formula is C80H64. The van der Waals surface area contributed by atoms with E-state index in [4.69, 9.17) is 0 Å². The summed E-state index contributed by atoms with van der Waals surface area (Å²) in [5.41, 5.74) is 5.53. The molecule has 0 spiro atoms. The minimum Gasteiger partial charge on any atom is -0.0561 e. The van der Waals surface area contributed by atoms with E-state index >= 15 is 0 Å². The minimum atomic E-state index is 0.0154. The zero-order chi connectivity index (χ0) is 54.6. The fraction of sp³-hybridized carbons (Fsp3) is 0.200. The van der Waals surface area contributed by atoms with Crippen molar-refractivity contribution in [2.75, 3.05) is 0 Å². The Labute approximate surface area is 466 Å². The van der Waals surface area contributed by atoms with Gasteiger partial charge in [0.15, 0.2) is 0 Å². The molecule has 0 heterocycles. The predicted molar refractivity (Wildman–Crippen MR) is 355 cm³/mol. The van der Waals surface area contributed by atoms with Crippen LogP contribution in [0.3, 0.4) is 0 Å². The van der Waals surface area contributed by atoms with Gasteiger partial charge in [0.2, 0.25) is 0 Å². The van der Waals surface area contributed by atoms with Crippen LogP contribution in [0.4, 0.5) is 0 Å². The summed E-state index contributed by atoms with van der Waals surface area (Å²) in [5.74, 6) is 0. The highest BCUT2D eigenvalue weighted by molar-refractivity contribution is 6.48. The van der Waals surface area contributed by atoms with Crippen molar-refractivity contribution in [3.63, 3.8) is 0 Å². The van der Waals surface area contributed by atoms with Gasteiger partial charge >= 0.3 is 0 Å². The quantitative estimate of drug-likeness (QED) is 0.133. The van der Waals surface area contributed by atoms with E-state index < -0.39 is 0 Å². The van der Waals surface area contributed by atoms with Crippen molar-refractivity contribution in [1.82, 2.24) is 0 Å². The Morgan fingerprint density at radius 2 is 0.300 bits per heavy atom. The molecule has 0 nitrogen and oxygen atoms in total. The number of hydrogen-bond donors (Lipinski definition) is 0. The van der Waals surface area contributed by atoms with Crippen molar-refractivity contribution < 1.29 is 0 Å². The molecular weight excluding hydrogens is 961 g/mol. The third-order valence-corrected chi connectivity index (χ3v) is 19.4. The first-order valence-corrected chi connectivity index (χ1v) is 29.2. The Morgan fingerprint density at radius 1 is 0.150 bits per heavy atom. The molecule has 0 saturated carbocycles. The summed E-state index contributed by atoms with van der Waals surface area (Å²) in [6.45, 7) is 28.1. The van der Waals surface area contributed by atoms with Crippen LogP contribution in [-0.2, 0) is 21.7 Å². The topological polar surface area (TPSA) is 0 Å². The predicted octanol–water partition coefficient (Wildman–Crippen LogP) is 23.6. The number of hydrogen-bond acceptors (Lipinski definition) is 0. The van der Waals surface area contributed by atoms with E-state index in [1.54, 1.807) is 0 Å². The number of rotatable bonds is 0. The van der Waals surface area contributed by atoms with E-state index in [1.807, 2.05) is 0 Å². The lowest BCUT2D eigenvalue weighted by Gasteiger charge is -2.24. The summed E-state index contributed by atoms with van der Waals surface area (Å²) in [6, 6.07) is 69.2. The summed E-state index contributed by atoms with van der Waals surface area (Å²) in [4.78, 5) is 0. The lowest BCUT2D eigenvalue weighted by atomic mass is 9.79. The standard InChI is InChI=1S/C80H64/c1-77(2,3)53-29-41-13-17-49-37-61-62-38-50-18-14-43-31-55(79(7,8)9)35-47-23-27-59(71(50)67(43)47)75(62)76-60-28-24-48-36-56(80(10,11)12)32-44-16-20-52(72(60)68(44)48)40-64(76)63-39-51-19-15-42-30-54(78(4,5)6)34-46-22-26-58(70(51)66(42)46)74(63)73(61)57-25-21-45(33-53)65(41)69(49)57/h13-40H,1-12H3. The van der Waals surface area contributed by atoms with Crippen LogP contribution < -0.4 is 0 Å². The maximum absolute atomic E-state index is 2.60. The van der Waals surface area contributed by atoms with Gasteiger partial charge in [-0.3, -0.25) is 0 Å². The highest BCUT2D eigenvalue weighted by Gasteiger charge is 2.27. The summed E-state index contributed by atoms with van der Waals surface area (Å²) in [5, 5.41) is 42.1. The third-order valence-electron chi connectivity index (χ3n) is 19.4. The smallest absolute Gasteiger partial charge is 0.00134 e. The van der Waals surface area contributed by atoms with Crippen LogP contribution in [0.15, 0.2) is 170 Å². The Hall–Kier alpha value is -8.32. The van der Waals surface area contributed by atoms with Crippen LogP contribution in [0.1, 0.15) is 105 Å². The Balaban J connectivity index is 1.19. The highest BCUT2D eigenvalue weighted by Crippen LogP contribution is 2.53. The highest BCUT2D eigenvalue weighted by atomic mass is 14.3. The maximum atomic E-state index is 2.60. The molecule has 0 fully saturated rings. The first-order chi connectivity index (χ1) is 38.2. The summed E-state index contributed by atoms with van der Waals surface area (Å²) in [7, 11) is 0.